The minimum absolute atomic E-state index is 0.0737. The van der Waals surface area contributed by atoms with Crippen LogP contribution in [0.2, 0.25) is 0 Å². The van der Waals surface area contributed by atoms with Crippen LogP contribution in [0.25, 0.3) is 0 Å². The smallest absolute Gasteiger partial charge is 0.173 e. The molecule has 2 aliphatic carbocycles. The van der Waals surface area contributed by atoms with E-state index in [4.69, 9.17) is 23.2 Å². The summed E-state index contributed by atoms with van der Waals surface area (Å²) in [7, 11) is 0. The Morgan fingerprint density at radius 3 is 2.75 bits per heavy atom. The highest BCUT2D eigenvalue weighted by Crippen LogP contribution is 2.45. The first-order chi connectivity index (χ1) is 7.48. The van der Waals surface area contributed by atoms with Crippen LogP contribution in [0.4, 0.5) is 0 Å². The molecular weight excluding hydrogens is 247 g/mol. The lowest BCUT2D eigenvalue weighted by Crippen LogP contribution is -2.40. The predicted octanol–water partition coefficient (Wildman–Crippen LogP) is 2.62. The molecule has 0 bridgehead atoms. The largest absolute Gasteiger partial charge is 0.296 e. The minimum Gasteiger partial charge on any atom is -0.296 e. The highest BCUT2D eigenvalue weighted by atomic mass is 35.5. The van der Waals surface area contributed by atoms with E-state index in [-0.39, 0.29) is 11.6 Å². The van der Waals surface area contributed by atoms with Gasteiger partial charge in [0, 0.05) is 0 Å². The molecule has 2 rings (SSSR count). The van der Waals surface area contributed by atoms with Crippen LogP contribution in [0.3, 0.4) is 0 Å². The molecule has 0 amide bonds. The lowest BCUT2D eigenvalue weighted by atomic mass is 9.68. The Balaban J connectivity index is 2.43. The summed E-state index contributed by atoms with van der Waals surface area (Å²) >= 11 is 11.2. The normalized spacial score (nSPS) is 31.9. The number of hydrogen-bond acceptors (Lipinski definition) is 2. The van der Waals surface area contributed by atoms with E-state index < -0.39 is 16.2 Å². The molecule has 0 spiro atoms. The SMILES string of the molecule is C[C@]12C(=O)C=CC1=CC=C[C@H]2C(=O)C(Cl)Cl. The lowest BCUT2D eigenvalue weighted by Gasteiger charge is -2.33. The van der Waals surface area contributed by atoms with Crippen molar-refractivity contribution in [1.29, 1.82) is 0 Å². The number of hydrogen-bond donors (Lipinski definition) is 0. The molecule has 16 heavy (non-hydrogen) atoms. The monoisotopic (exact) mass is 256 g/mol. The van der Waals surface area contributed by atoms with Gasteiger partial charge in [0.25, 0.3) is 0 Å². The van der Waals surface area contributed by atoms with Gasteiger partial charge in [0.1, 0.15) is 0 Å². The number of rotatable bonds is 2. The first kappa shape index (κ1) is 11.6. The second-order valence-corrected chi connectivity index (χ2v) is 5.18. The highest BCUT2D eigenvalue weighted by molar-refractivity contribution is 6.54. The summed E-state index contributed by atoms with van der Waals surface area (Å²) in [6.07, 6.45) is 8.52. The minimum atomic E-state index is -1.10. The molecule has 0 saturated carbocycles. The van der Waals surface area contributed by atoms with Crippen LogP contribution in [-0.2, 0) is 9.59 Å². The van der Waals surface area contributed by atoms with Gasteiger partial charge < -0.3 is 0 Å². The maximum Gasteiger partial charge on any atom is 0.173 e. The Bertz CT molecular complexity index is 446. The summed E-state index contributed by atoms with van der Waals surface area (Å²) in [5.41, 5.74) is 0.0146. The van der Waals surface area contributed by atoms with Crippen molar-refractivity contribution in [3.8, 4) is 0 Å². The molecule has 4 heteroatoms. The average molecular weight is 257 g/mol. The van der Waals surface area contributed by atoms with Crippen LogP contribution >= 0.6 is 23.2 Å². The van der Waals surface area contributed by atoms with Crippen molar-refractivity contribution in [1.82, 2.24) is 0 Å². The fourth-order valence-corrected chi connectivity index (χ4v) is 2.46. The number of allylic oxidation sites excluding steroid dienone is 6. The third-order valence-electron chi connectivity index (χ3n) is 3.25. The summed E-state index contributed by atoms with van der Waals surface area (Å²) in [5, 5.41) is 0. The van der Waals surface area contributed by atoms with E-state index in [9.17, 15) is 9.59 Å². The summed E-state index contributed by atoms with van der Waals surface area (Å²) in [5.74, 6) is -0.977. The van der Waals surface area contributed by atoms with Crippen LogP contribution in [0.15, 0.2) is 36.0 Å². The standard InChI is InChI=1S/C12H10Cl2O2/c1-12-7(5-6-9(12)15)3-2-4-8(12)10(16)11(13)14/h2-6,8,11H,1H3/t8-,12-/m0/s1. The molecule has 0 fully saturated rings. The zero-order valence-electron chi connectivity index (χ0n) is 8.61. The van der Waals surface area contributed by atoms with Crippen molar-refractivity contribution in [3.05, 3.63) is 36.0 Å². The van der Waals surface area contributed by atoms with Gasteiger partial charge in [-0.25, -0.2) is 0 Å². The fourth-order valence-electron chi connectivity index (χ4n) is 2.19. The van der Waals surface area contributed by atoms with Crippen molar-refractivity contribution in [2.24, 2.45) is 11.3 Å². The summed E-state index contributed by atoms with van der Waals surface area (Å²) in [4.78, 5) is 22.6. The van der Waals surface area contributed by atoms with Crippen LogP contribution in [0.5, 0.6) is 0 Å². The molecule has 2 aliphatic rings. The van der Waals surface area contributed by atoms with Gasteiger partial charge >= 0.3 is 0 Å². The highest BCUT2D eigenvalue weighted by Gasteiger charge is 2.49. The Morgan fingerprint density at radius 2 is 2.12 bits per heavy atom. The lowest BCUT2D eigenvalue weighted by molar-refractivity contribution is -0.130. The van der Waals surface area contributed by atoms with Crippen molar-refractivity contribution in [2.75, 3.05) is 0 Å². The first-order valence-corrected chi connectivity index (χ1v) is 5.78. The van der Waals surface area contributed by atoms with Crippen LogP contribution in [0.1, 0.15) is 6.92 Å². The van der Waals surface area contributed by atoms with E-state index in [0.717, 1.165) is 5.57 Å². The second-order valence-electron chi connectivity index (χ2n) is 4.09. The summed E-state index contributed by atoms with van der Waals surface area (Å²) < 4.78 is 0. The zero-order chi connectivity index (χ0) is 11.9. The molecule has 2 nitrogen and oxygen atoms in total. The van der Waals surface area contributed by atoms with E-state index >= 15 is 0 Å². The van der Waals surface area contributed by atoms with E-state index in [0.29, 0.717) is 0 Å². The maximum atomic E-state index is 11.9. The van der Waals surface area contributed by atoms with Gasteiger partial charge in [0.05, 0.1) is 11.3 Å². The van der Waals surface area contributed by atoms with Crippen LogP contribution in [-0.4, -0.2) is 16.4 Å². The van der Waals surface area contributed by atoms with Gasteiger partial charge in [-0.3, -0.25) is 9.59 Å². The fraction of sp³-hybridized carbons (Fsp3) is 0.333. The maximum absolute atomic E-state index is 11.9. The summed E-state index contributed by atoms with van der Waals surface area (Å²) in [6, 6.07) is 0. The third-order valence-corrected chi connectivity index (χ3v) is 3.68. The van der Waals surface area contributed by atoms with Gasteiger partial charge in [-0.05, 0) is 18.6 Å². The number of alkyl halides is 2. The number of halogens is 2. The molecule has 0 aromatic carbocycles. The Hall–Kier alpha value is -0.860. The quantitative estimate of drug-likeness (QED) is 0.712. The molecule has 0 aromatic rings. The van der Waals surface area contributed by atoms with Gasteiger partial charge in [0.2, 0.25) is 0 Å². The van der Waals surface area contributed by atoms with E-state index in [2.05, 4.69) is 0 Å². The number of ketones is 2. The molecule has 0 saturated heterocycles. The van der Waals surface area contributed by atoms with Gasteiger partial charge in [0.15, 0.2) is 16.4 Å². The summed E-state index contributed by atoms with van der Waals surface area (Å²) in [6.45, 7) is 1.75. The van der Waals surface area contributed by atoms with Crippen LogP contribution < -0.4 is 0 Å². The number of Topliss-reactive ketones (excluding diaryl/α,β-unsaturated/α-hetero) is 1. The molecule has 0 aliphatic heterocycles. The second kappa shape index (κ2) is 3.86. The van der Waals surface area contributed by atoms with Crippen molar-refractivity contribution < 1.29 is 9.59 Å². The molecule has 0 unspecified atom stereocenters. The average Bonchev–Trinajstić information content (AvgIpc) is 2.54. The first-order valence-electron chi connectivity index (χ1n) is 4.91. The van der Waals surface area contributed by atoms with Gasteiger partial charge in [-0.2, -0.15) is 0 Å². The van der Waals surface area contributed by atoms with Crippen molar-refractivity contribution in [2.45, 2.75) is 11.8 Å². The van der Waals surface area contributed by atoms with E-state index in [1.165, 1.54) is 6.08 Å². The Morgan fingerprint density at radius 1 is 1.44 bits per heavy atom. The predicted molar refractivity (Wildman–Crippen MR) is 63.5 cm³/mol. The van der Waals surface area contributed by atoms with Crippen molar-refractivity contribution in [3.63, 3.8) is 0 Å². The molecule has 0 radical (unpaired) electrons. The van der Waals surface area contributed by atoms with E-state index in [1.807, 2.05) is 6.08 Å². The number of carbonyl (C=O) groups excluding carboxylic acids is 2. The molecule has 0 N–H and O–H groups in total. The molecule has 2 atom stereocenters. The Labute approximate surface area is 104 Å². The van der Waals surface area contributed by atoms with Gasteiger partial charge in [-0.1, -0.05) is 47.5 Å². The molecule has 0 heterocycles. The van der Waals surface area contributed by atoms with E-state index in [1.54, 1.807) is 25.2 Å². The number of fused-ring (bicyclic) bond motifs is 1. The molecule has 84 valence electrons. The van der Waals surface area contributed by atoms with Gasteiger partial charge in [-0.15, -0.1) is 0 Å². The molecular formula is C12H10Cl2O2. The topological polar surface area (TPSA) is 34.1 Å². The van der Waals surface area contributed by atoms with Crippen LogP contribution in [0, 0.1) is 11.3 Å². The number of carbonyl (C=O) groups is 2. The van der Waals surface area contributed by atoms with Crippen molar-refractivity contribution >= 4 is 34.8 Å². The third kappa shape index (κ3) is 1.48. The molecule has 0 aromatic heterocycles. The Kier molecular flexibility index (Phi) is 2.81. The zero-order valence-corrected chi connectivity index (χ0v) is 10.1.